The van der Waals surface area contributed by atoms with Crippen molar-refractivity contribution < 1.29 is 24.2 Å². The van der Waals surface area contributed by atoms with E-state index in [-0.39, 0.29) is 6.61 Å². The molecule has 0 fully saturated rings. The van der Waals surface area contributed by atoms with Crippen molar-refractivity contribution in [3.8, 4) is 5.75 Å². The number of benzene rings is 1. The first kappa shape index (κ1) is 12.0. The second kappa shape index (κ2) is 5.75. The molecule has 0 spiro atoms. The second-order valence-electron chi connectivity index (χ2n) is 3.08. The minimum atomic E-state index is -1.19. The molecule has 0 saturated carbocycles. The van der Waals surface area contributed by atoms with Crippen LogP contribution in [0.15, 0.2) is 24.3 Å². The summed E-state index contributed by atoms with van der Waals surface area (Å²) >= 11 is 0. The molecule has 1 rings (SSSR count). The predicted molar refractivity (Wildman–Crippen MR) is 55.0 cm³/mol. The first-order valence-corrected chi connectivity index (χ1v) is 4.62. The van der Waals surface area contributed by atoms with Gasteiger partial charge in [-0.15, -0.1) is 0 Å². The minimum absolute atomic E-state index is 0.0656. The number of esters is 1. The molecule has 5 heteroatoms. The molecule has 1 aromatic carbocycles. The van der Waals surface area contributed by atoms with Gasteiger partial charge in [0.05, 0.1) is 7.11 Å². The number of methoxy groups -OCH3 is 1. The number of aliphatic carboxylic acids is 1. The molecule has 0 aliphatic heterocycles. The van der Waals surface area contributed by atoms with Crippen molar-refractivity contribution >= 4 is 11.9 Å². The average Bonchev–Trinajstić information content (AvgIpc) is 2.26. The van der Waals surface area contributed by atoms with Crippen molar-refractivity contribution in [1.29, 1.82) is 0 Å². The molecule has 5 nitrogen and oxygen atoms in total. The van der Waals surface area contributed by atoms with Gasteiger partial charge in [0.15, 0.2) is 0 Å². The summed E-state index contributed by atoms with van der Waals surface area (Å²) in [6.45, 7) is 0.0656. The Kier molecular flexibility index (Phi) is 4.32. The molecular formula is C11H12O5. The first-order valence-electron chi connectivity index (χ1n) is 4.62. The molecule has 0 heterocycles. The standard InChI is InChI=1S/C11H12O5/c1-15-9-4-2-8(3-5-9)7-16-11(14)6-10(12)13/h2-5H,6-7H2,1H3,(H,12,13). The van der Waals surface area contributed by atoms with Gasteiger partial charge < -0.3 is 14.6 Å². The van der Waals surface area contributed by atoms with Gasteiger partial charge in [0.1, 0.15) is 18.8 Å². The molecule has 0 bridgehead atoms. The average molecular weight is 224 g/mol. The summed E-state index contributed by atoms with van der Waals surface area (Å²) in [4.78, 5) is 21.1. The summed E-state index contributed by atoms with van der Waals surface area (Å²) in [7, 11) is 1.56. The maximum atomic E-state index is 10.9. The molecule has 0 amide bonds. The van der Waals surface area contributed by atoms with E-state index in [1.807, 2.05) is 0 Å². The lowest BCUT2D eigenvalue weighted by Crippen LogP contribution is -2.10. The van der Waals surface area contributed by atoms with Crippen molar-refractivity contribution in [1.82, 2.24) is 0 Å². The molecule has 16 heavy (non-hydrogen) atoms. The van der Waals surface area contributed by atoms with Crippen molar-refractivity contribution in [2.24, 2.45) is 0 Å². The SMILES string of the molecule is COc1ccc(COC(=O)CC(=O)O)cc1. The summed E-state index contributed by atoms with van der Waals surface area (Å²) in [6, 6.07) is 6.96. The van der Waals surface area contributed by atoms with Crippen molar-refractivity contribution in [2.75, 3.05) is 7.11 Å². The van der Waals surface area contributed by atoms with Crippen LogP contribution in [0.2, 0.25) is 0 Å². The van der Waals surface area contributed by atoms with Gasteiger partial charge in [0, 0.05) is 0 Å². The van der Waals surface area contributed by atoms with Crippen molar-refractivity contribution in [3.05, 3.63) is 29.8 Å². The van der Waals surface area contributed by atoms with Gasteiger partial charge >= 0.3 is 11.9 Å². The fraction of sp³-hybridized carbons (Fsp3) is 0.273. The highest BCUT2D eigenvalue weighted by Gasteiger charge is 2.08. The summed E-state index contributed by atoms with van der Waals surface area (Å²) in [5, 5.41) is 8.33. The van der Waals surface area contributed by atoms with Crippen LogP contribution < -0.4 is 4.74 Å². The van der Waals surface area contributed by atoms with E-state index in [1.165, 1.54) is 0 Å². The molecule has 0 aliphatic rings. The summed E-state index contributed by atoms with van der Waals surface area (Å²) in [6.07, 6.45) is -0.615. The third-order valence-electron chi connectivity index (χ3n) is 1.85. The van der Waals surface area contributed by atoms with E-state index in [1.54, 1.807) is 31.4 Å². The zero-order valence-corrected chi connectivity index (χ0v) is 8.80. The van der Waals surface area contributed by atoms with Crippen LogP contribution in [0.25, 0.3) is 0 Å². The van der Waals surface area contributed by atoms with Crippen LogP contribution in [0.5, 0.6) is 5.75 Å². The Bertz CT molecular complexity index is 368. The lowest BCUT2D eigenvalue weighted by molar-refractivity contribution is -0.152. The zero-order chi connectivity index (χ0) is 12.0. The Balaban J connectivity index is 2.42. The number of carboxylic acid groups (broad SMARTS) is 1. The summed E-state index contributed by atoms with van der Waals surface area (Å²) in [5.41, 5.74) is 0.777. The first-order chi connectivity index (χ1) is 7.61. The molecule has 86 valence electrons. The Morgan fingerprint density at radius 2 is 1.88 bits per heavy atom. The summed E-state index contributed by atoms with van der Waals surface area (Å²) < 4.78 is 9.71. The zero-order valence-electron chi connectivity index (χ0n) is 8.80. The molecular weight excluding hydrogens is 212 g/mol. The van der Waals surface area contributed by atoms with E-state index in [2.05, 4.69) is 0 Å². The minimum Gasteiger partial charge on any atom is -0.497 e. The monoisotopic (exact) mass is 224 g/mol. The third kappa shape index (κ3) is 4.00. The van der Waals surface area contributed by atoms with Gasteiger partial charge in [-0.2, -0.15) is 0 Å². The van der Waals surface area contributed by atoms with Crippen molar-refractivity contribution in [3.63, 3.8) is 0 Å². The fourth-order valence-electron chi connectivity index (χ4n) is 1.06. The van der Waals surface area contributed by atoms with Crippen LogP contribution in [0.1, 0.15) is 12.0 Å². The van der Waals surface area contributed by atoms with E-state index >= 15 is 0 Å². The number of carbonyl (C=O) groups excluding carboxylic acids is 1. The van der Waals surface area contributed by atoms with Crippen LogP contribution in [0.4, 0.5) is 0 Å². The largest absolute Gasteiger partial charge is 0.497 e. The molecule has 0 saturated heterocycles. The number of hydrogen-bond acceptors (Lipinski definition) is 4. The van der Waals surface area contributed by atoms with Gasteiger partial charge in [0.2, 0.25) is 0 Å². The Morgan fingerprint density at radius 1 is 1.25 bits per heavy atom. The molecule has 0 radical (unpaired) electrons. The van der Waals surface area contributed by atoms with Crippen molar-refractivity contribution in [2.45, 2.75) is 13.0 Å². The predicted octanol–water partition coefficient (Wildman–Crippen LogP) is 1.21. The lowest BCUT2D eigenvalue weighted by atomic mass is 10.2. The number of carboxylic acids is 1. The van der Waals surface area contributed by atoms with Crippen LogP contribution >= 0.6 is 0 Å². The van der Waals surface area contributed by atoms with Crippen LogP contribution in [-0.2, 0) is 20.9 Å². The quantitative estimate of drug-likeness (QED) is 0.601. The molecule has 0 unspecified atom stereocenters. The van der Waals surface area contributed by atoms with Crippen LogP contribution in [0, 0.1) is 0 Å². The normalized spacial score (nSPS) is 9.56. The highest BCUT2D eigenvalue weighted by Crippen LogP contribution is 2.12. The van der Waals surface area contributed by atoms with Gasteiger partial charge in [-0.3, -0.25) is 9.59 Å². The smallest absolute Gasteiger partial charge is 0.317 e. The van der Waals surface area contributed by atoms with Gasteiger partial charge in [0.25, 0.3) is 0 Å². The molecule has 0 aliphatic carbocycles. The summed E-state index contributed by atoms with van der Waals surface area (Å²) in [5.74, 6) is -1.23. The van der Waals surface area contributed by atoms with E-state index in [0.29, 0.717) is 5.75 Å². The van der Waals surface area contributed by atoms with Gasteiger partial charge in [-0.1, -0.05) is 12.1 Å². The maximum absolute atomic E-state index is 10.9. The topological polar surface area (TPSA) is 72.8 Å². The van der Waals surface area contributed by atoms with E-state index in [9.17, 15) is 9.59 Å². The second-order valence-corrected chi connectivity index (χ2v) is 3.08. The molecule has 1 aromatic rings. The Labute approximate surface area is 92.6 Å². The number of ether oxygens (including phenoxy) is 2. The third-order valence-corrected chi connectivity index (χ3v) is 1.85. The number of hydrogen-bond donors (Lipinski definition) is 1. The molecule has 1 N–H and O–H groups in total. The number of carbonyl (C=O) groups is 2. The van der Waals surface area contributed by atoms with E-state index < -0.39 is 18.4 Å². The maximum Gasteiger partial charge on any atom is 0.317 e. The molecule has 0 aromatic heterocycles. The Hall–Kier alpha value is -2.04. The van der Waals surface area contributed by atoms with E-state index in [0.717, 1.165) is 5.56 Å². The van der Waals surface area contributed by atoms with Crippen LogP contribution in [0.3, 0.4) is 0 Å². The van der Waals surface area contributed by atoms with E-state index in [4.69, 9.17) is 14.6 Å². The highest BCUT2D eigenvalue weighted by atomic mass is 16.5. The van der Waals surface area contributed by atoms with Gasteiger partial charge in [-0.05, 0) is 17.7 Å². The number of rotatable bonds is 5. The van der Waals surface area contributed by atoms with Gasteiger partial charge in [-0.25, -0.2) is 0 Å². The molecule has 0 atom stereocenters. The fourth-order valence-corrected chi connectivity index (χ4v) is 1.06. The lowest BCUT2D eigenvalue weighted by Gasteiger charge is -2.04. The van der Waals surface area contributed by atoms with Crippen LogP contribution in [-0.4, -0.2) is 24.2 Å². The Morgan fingerprint density at radius 3 is 2.38 bits per heavy atom. The highest BCUT2D eigenvalue weighted by molar-refractivity contribution is 5.90.